The van der Waals surface area contributed by atoms with Crippen molar-refractivity contribution in [3.8, 4) is 0 Å². The van der Waals surface area contributed by atoms with E-state index in [-0.39, 0.29) is 6.10 Å². The van der Waals surface area contributed by atoms with E-state index in [1.54, 1.807) is 6.92 Å². The molecule has 17 heavy (non-hydrogen) atoms. The van der Waals surface area contributed by atoms with Gasteiger partial charge in [-0.1, -0.05) is 6.58 Å². The smallest absolute Gasteiger partial charge is 0.347 e. The summed E-state index contributed by atoms with van der Waals surface area (Å²) in [7, 11) is 0. The first-order chi connectivity index (χ1) is 8.02. The van der Waals surface area contributed by atoms with E-state index >= 15 is 0 Å². The zero-order valence-electron chi connectivity index (χ0n) is 9.51. The maximum atomic E-state index is 11.3. The number of ether oxygens (including phenoxy) is 3. The standard InChI is InChI=1S/C11H14O6/c1-3-9(12)15-6-10(13)17-8-5-4-7(2)16-11(8)14/h3,7-8H,1,4-6H2,2H3. The van der Waals surface area contributed by atoms with Crippen molar-refractivity contribution in [3.63, 3.8) is 0 Å². The van der Waals surface area contributed by atoms with Crippen LogP contribution in [0, 0.1) is 0 Å². The summed E-state index contributed by atoms with van der Waals surface area (Å²) >= 11 is 0. The average molecular weight is 242 g/mol. The van der Waals surface area contributed by atoms with E-state index in [0.29, 0.717) is 12.8 Å². The third-order valence-electron chi connectivity index (χ3n) is 2.19. The van der Waals surface area contributed by atoms with Gasteiger partial charge >= 0.3 is 17.9 Å². The summed E-state index contributed by atoms with van der Waals surface area (Å²) in [6.45, 7) is 4.40. The van der Waals surface area contributed by atoms with Crippen molar-refractivity contribution in [1.82, 2.24) is 0 Å². The summed E-state index contributed by atoms with van der Waals surface area (Å²) in [6, 6.07) is 0. The molecule has 1 saturated heterocycles. The lowest BCUT2D eigenvalue weighted by Crippen LogP contribution is -2.37. The maximum absolute atomic E-state index is 11.3. The Kier molecular flexibility index (Phi) is 4.68. The van der Waals surface area contributed by atoms with Gasteiger partial charge in [0, 0.05) is 6.08 Å². The molecule has 0 aliphatic carbocycles. The van der Waals surface area contributed by atoms with Crippen LogP contribution in [0.2, 0.25) is 0 Å². The number of cyclic esters (lactones) is 1. The first-order valence-electron chi connectivity index (χ1n) is 5.22. The van der Waals surface area contributed by atoms with Crippen LogP contribution in [0.25, 0.3) is 0 Å². The fourth-order valence-electron chi connectivity index (χ4n) is 1.33. The van der Waals surface area contributed by atoms with Gasteiger partial charge in [0.05, 0.1) is 6.10 Å². The van der Waals surface area contributed by atoms with Crippen molar-refractivity contribution in [1.29, 1.82) is 0 Å². The normalized spacial score (nSPS) is 23.5. The molecular formula is C11H14O6. The molecule has 0 N–H and O–H groups in total. The van der Waals surface area contributed by atoms with E-state index in [4.69, 9.17) is 9.47 Å². The molecule has 2 unspecified atom stereocenters. The molecular weight excluding hydrogens is 228 g/mol. The summed E-state index contributed by atoms with van der Waals surface area (Å²) < 4.78 is 14.2. The fraction of sp³-hybridized carbons (Fsp3) is 0.545. The number of carbonyl (C=O) groups is 3. The second-order valence-electron chi connectivity index (χ2n) is 3.62. The molecule has 1 rings (SSSR count). The molecule has 94 valence electrons. The summed E-state index contributed by atoms with van der Waals surface area (Å²) in [4.78, 5) is 33.2. The molecule has 0 saturated carbocycles. The Hall–Kier alpha value is -1.85. The third kappa shape index (κ3) is 4.26. The van der Waals surface area contributed by atoms with Crippen molar-refractivity contribution in [2.75, 3.05) is 6.61 Å². The van der Waals surface area contributed by atoms with E-state index in [1.807, 2.05) is 0 Å². The molecule has 0 aromatic heterocycles. The van der Waals surface area contributed by atoms with E-state index in [0.717, 1.165) is 6.08 Å². The SMILES string of the molecule is C=CC(=O)OCC(=O)OC1CCC(C)OC1=O. The lowest BCUT2D eigenvalue weighted by atomic mass is 10.1. The minimum Gasteiger partial charge on any atom is -0.460 e. The monoisotopic (exact) mass is 242 g/mol. The maximum Gasteiger partial charge on any atom is 0.347 e. The van der Waals surface area contributed by atoms with Crippen LogP contribution in [-0.4, -0.2) is 36.7 Å². The topological polar surface area (TPSA) is 78.9 Å². The molecule has 0 aromatic rings. The highest BCUT2D eigenvalue weighted by atomic mass is 16.6. The first kappa shape index (κ1) is 13.2. The van der Waals surface area contributed by atoms with Gasteiger partial charge in [0.25, 0.3) is 0 Å². The van der Waals surface area contributed by atoms with E-state index in [1.165, 1.54) is 0 Å². The Bertz CT molecular complexity index is 335. The van der Waals surface area contributed by atoms with E-state index in [2.05, 4.69) is 11.3 Å². The van der Waals surface area contributed by atoms with Crippen molar-refractivity contribution in [2.45, 2.75) is 32.0 Å². The predicted molar refractivity (Wildman–Crippen MR) is 55.8 cm³/mol. The van der Waals surface area contributed by atoms with Gasteiger partial charge in [-0.2, -0.15) is 0 Å². The Morgan fingerprint density at radius 3 is 2.82 bits per heavy atom. The molecule has 0 spiro atoms. The van der Waals surface area contributed by atoms with Gasteiger partial charge in [-0.15, -0.1) is 0 Å². The quantitative estimate of drug-likeness (QED) is 0.402. The number of carbonyl (C=O) groups excluding carboxylic acids is 3. The molecule has 2 atom stereocenters. The van der Waals surface area contributed by atoms with Crippen LogP contribution >= 0.6 is 0 Å². The lowest BCUT2D eigenvalue weighted by molar-refractivity contribution is -0.180. The average Bonchev–Trinajstić information content (AvgIpc) is 2.29. The van der Waals surface area contributed by atoms with Gasteiger partial charge in [0.2, 0.25) is 0 Å². The Morgan fingerprint density at radius 2 is 2.24 bits per heavy atom. The third-order valence-corrected chi connectivity index (χ3v) is 2.19. The molecule has 1 aliphatic heterocycles. The lowest BCUT2D eigenvalue weighted by Gasteiger charge is -2.25. The summed E-state index contributed by atoms with van der Waals surface area (Å²) in [5.74, 6) is -2.06. The number of rotatable bonds is 4. The zero-order chi connectivity index (χ0) is 12.8. The second-order valence-corrected chi connectivity index (χ2v) is 3.62. The molecule has 1 fully saturated rings. The summed E-state index contributed by atoms with van der Waals surface area (Å²) in [6.07, 6.45) is 0.929. The Labute approximate surface area is 98.5 Å². The minimum absolute atomic E-state index is 0.156. The Balaban J connectivity index is 2.33. The van der Waals surface area contributed by atoms with Crippen LogP contribution < -0.4 is 0 Å². The Morgan fingerprint density at radius 1 is 1.53 bits per heavy atom. The minimum atomic E-state index is -0.902. The number of esters is 3. The van der Waals surface area contributed by atoms with Gasteiger partial charge in [-0.25, -0.2) is 14.4 Å². The highest BCUT2D eigenvalue weighted by Gasteiger charge is 2.31. The van der Waals surface area contributed by atoms with Crippen molar-refractivity contribution >= 4 is 17.9 Å². The van der Waals surface area contributed by atoms with Gasteiger partial charge in [0.1, 0.15) is 0 Å². The van der Waals surface area contributed by atoms with Crippen LogP contribution in [0.15, 0.2) is 12.7 Å². The summed E-state index contributed by atoms with van der Waals surface area (Å²) in [5.41, 5.74) is 0. The highest BCUT2D eigenvalue weighted by Crippen LogP contribution is 2.17. The van der Waals surface area contributed by atoms with Gasteiger partial charge in [-0.3, -0.25) is 0 Å². The molecule has 1 heterocycles. The molecule has 0 radical (unpaired) electrons. The summed E-state index contributed by atoms with van der Waals surface area (Å²) in [5, 5.41) is 0. The number of hydrogen-bond acceptors (Lipinski definition) is 6. The molecule has 6 nitrogen and oxygen atoms in total. The fourth-order valence-corrected chi connectivity index (χ4v) is 1.33. The first-order valence-corrected chi connectivity index (χ1v) is 5.22. The van der Waals surface area contributed by atoms with Crippen LogP contribution in [0.5, 0.6) is 0 Å². The van der Waals surface area contributed by atoms with E-state index in [9.17, 15) is 14.4 Å². The van der Waals surface area contributed by atoms with Crippen molar-refractivity contribution < 1.29 is 28.6 Å². The van der Waals surface area contributed by atoms with Gasteiger partial charge < -0.3 is 14.2 Å². The van der Waals surface area contributed by atoms with E-state index < -0.39 is 30.6 Å². The van der Waals surface area contributed by atoms with Crippen molar-refractivity contribution in [3.05, 3.63) is 12.7 Å². The molecule has 0 bridgehead atoms. The van der Waals surface area contributed by atoms with Crippen LogP contribution in [0.4, 0.5) is 0 Å². The molecule has 1 aliphatic rings. The number of hydrogen-bond donors (Lipinski definition) is 0. The highest BCUT2D eigenvalue weighted by molar-refractivity contribution is 5.85. The van der Waals surface area contributed by atoms with Crippen LogP contribution in [0.1, 0.15) is 19.8 Å². The largest absolute Gasteiger partial charge is 0.460 e. The van der Waals surface area contributed by atoms with Gasteiger partial charge in [-0.05, 0) is 19.8 Å². The molecule has 0 aromatic carbocycles. The van der Waals surface area contributed by atoms with Crippen molar-refractivity contribution in [2.24, 2.45) is 0 Å². The van der Waals surface area contributed by atoms with Crippen LogP contribution in [0.3, 0.4) is 0 Å². The molecule has 0 amide bonds. The predicted octanol–water partition coefficient (Wildman–Crippen LogP) is 0.353. The molecule has 6 heteroatoms. The van der Waals surface area contributed by atoms with Gasteiger partial charge in [0.15, 0.2) is 12.7 Å². The second kappa shape index (κ2) is 6.03. The zero-order valence-corrected chi connectivity index (χ0v) is 9.51. The van der Waals surface area contributed by atoms with Crippen LogP contribution in [-0.2, 0) is 28.6 Å².